The second kappa shape index (κ2) is 9.95. The molecule has 1 aliphatic heterocycles. The SMILES string of the molecule is CNc1cc(Nc2nc(Nc3ccc(N4CCN(C(C)=O)CC4)cc3)nc3[nH]ccc23)ccc1C=N. The minimum Gasteiger partial charge on any atom is -0.388 e. The van der Waals surface area contributed by atoms with Gasteiger partial charge in [-0.15, -0.1) is 0 Å². The Morgan fingerprint density at radius 1 is 1.00 bits per heavy atom. The Hall–Kier alpha value is -4.60. The third-order valence-electron chi connectivity index (χ3n) is 6.37. The molecule has 1 fully saturated rings. The van der Waals surface area contributed by atoms with Crippen LogP contribution in [-0.4, -0.2) is 65.2 Å². The fraction of sp³-hybridized carbons (Fsp3) is 0.231. The summed E-state index contributed by atoms with van der Waals surface area (Å²) in [5, 5.41) is 18.3. The molecule has 1 amide bonds. The van der Waals surface area contributed by atoms with Gasteiger partial charge in [0.25, 0.3) is 0 Å². The zero-order valence-corrected chi connectivity index (χ0v) is 20.3. The Kier molecular flexibility index (Phi) is 6.40. The molecule has 0 spiro atoms. The molecule has 0 radical (unpaired) electrons. The molecule has 5 rings (SSSR count). The average molecular weight is 484 g/mol. The van der Waals surface area contributed by atoms with Crippen LogP contribution in [0, 0.1) is 5.41 Å². The third kappa shape index (κ3) is 4.78. The van der Waals surface area contributed by atoms with Crippen molar-refractivity contribution in [2.75, 3.05) is 54.1 Å². The maximum Gasteiger partial charge on any atom is 0.231 e. The number of rotatable bonds is 7. The number of aromatic nitrogens is 3. The first-order chi connectivity index (χ1) is 17.5. The fourth-order valence-electron chi connectivity index (χ4n) is 4.37. The molecule has 1 aliphatic rings. The van der Waals surface area contributed by atoms with Crippen LogP contribution in [0.4, 0.5) is 34.5 Å². The van der Waals surface area contributed by atoms with E-state index < -0.39 is 0 Å². The molecule has 10 heteroatoms. The Bertz CT molecular complexity index is 1390. The van der Waals surface area contributed by atoms with Crippen molar-refractivity contribution >= 4 is 57.7 Å². The maximum atomic E-state index is 11.6. The van der Waals surface area contributed by atoms with E-state index in [1.807, 2.05) is 54.5 Å². The molecule has 0 atom stereocenters. The molecular formula is C26H29N9O. The number of hydrogen-bond acceptors (Lipinski definition) is 8. The lowest BCUT2D eigenvalue weighted by Crippen LogP contribution is -2.48. The summed E-state index contributed by atoms with van der Waals surface area (Å²) in [6.45, 7) is 4.76. The molecule has 0 bridgehead atoms. The van der Waals surface area contributed by atoms with Crippen LogP contribution in [0.5, 0.6) is 0 Å². The van der Waals surface area contributed by atoms with Gasteiger partial charge in [-0.3, -0.25) is 4.79 Å². The number of piperazine rings is 1. The van der Waals surface area contributed by atoms with Crippen LogP contribution in [0.15, 0.2) is 54.7 Å². The Balaban J connectivity index is 1.33. The maximum absolute atomic E-state index is 11.6. The number of amides is 1. The summed E-state index contributed by atoms with van der Waals surface area (Å²) in [5.74, 6) is 1.28. The number of fused-ring (bicyclic) bond motifs is 1. The first-order valence-corrected chi connectivity index (χ1v) is 11.9. The van der Waals surface area contributed by atoms with Crippen molar-refractivity contribution in [3.05, 3.63) is 60.3 Å². The number of carbonyl (C=O) groups is 1. The van der Waals surface area contributed by atoms with Crippen molar-refractivity contribution < 1.29 is 4.79 Å². The fourth-order valence-corrected chi connectivity index (χ4v) is 4.37. The standard InChI is InChI=1S/C26H29N9O/c1-17(36)34-11-13-35(14-12-34)21-7-5-19(6-8-21)31-26-32-24-22(9-10-29-24)25(33-26)30-20-4-3-18(16-27)23(15-20)28-2/h3-10,15-16,27-28H,11-14H2,1-2H3,(H3,29,30,31,32,33). The van der Waals surface area contributed by atoms with E-state index in [9.17, 15) is 4.79 Å². The van der Waals surface area contributed by atoms with Crippen LogP contribution in [0.1, 0.15) is 12.5 Å². The highest BCUT2D eigenvalue weighted by atomic mass is 16.2. The van der Waals surface area contributed by atoms with Gasteiger partial charge in [-0.2, -0.15) is 9.97 Å². The molecule has 0 unspecified atom stereocenters. The zero-order chi connectivity index (χ0) is 25.1. The van der Waals surface area contributed by atoms with Crippen molar-refractivity contribution in [1.82, 2.24) is 19.9 Å². The van der Waals surface area contributed by atoms with Crippen LogP contribution in [0.2, 0.25) is 0 Å². The van der Waals surface area contributed by atoms with E-state index in [0.29, 0.717) is 11.8 Å². The Morgan fingerprint density at radius 3 is 2.44 bits per heavy atom. The highest BCUT2D eigenvalue weighted by Crippen LogP contribution is 2.28. The molecule has 0 aliphatic carbocycles. The second-order valence-corrected chi connectivity index (χ2v) is 8.62. The van der Waals surface area contributed by atoms with E-state index >= 15 is 0 Å². The van der Waals surface area contributed by atoms with Crippen molar-refractivity contribution in [2.24, 2.45) is 0 Å². The molecule has 4 aromatic rings. The van der Waals surface area contributed by atoms with E-state index in [1.54, 1.807) is 6.92 Å². The van der Waals surface area contributed by atoms with E-state index in [1.165, 1.54) is 6.21 Å². The van der Waals surface area contributed by atoms with Crippen LogP contribution >= 0.6 is 0 Å². The van der Waals surface area contributed by atoms with Gasteiger partial charge in [0, 0.05) is 80.9 Å². The highest BCUT2D eigenvalue weighted by molar-refractivity contribution is 5.92. The van der Waals surface area contributed by atoms with Gasteiger partial charge in [0.15, 0.2) is 0 Å². The highest BCUT2D eigenvalue weighted by Gasteiger charge is 2.18. The van der Waals surface area contributed by atoms with Crippen molar-refractivity contribution in [3.63, 3.8) is 0 Å². The summed E-state index contributed by atoms with van der Waals surface area (Å²) in [4.78, 5) is 28.3. The van der Waals surface area contributed by atoms with Gasteiger partial charge in [-0.05, 0) is 48.5 Å². The lowest BCUT2D eigenvalue weighted by Gasteiger charge is -2.35. The van der Waals surface area contributed by atoms with Crippen LogP contribution in [0.25, 0.3) is 11.0 Å². The summed E-state index contributed by atoms with van der Waals surface area (Å²) >= 11 is 0. The summed E-state index contributed by atoms with van der Waals surface area (Å²) < 4.78 is 0. The number of nitrogens with zero attached hydrogens (tertiary/aromatic N) is 4. The van der Waals surface area contributed by atoms with Crippen molar-refractivity contribution in [1.29, 1.82) is 5.41 Å². The molecule has 5 N–H and O–H groups in total. The lowest BCUT2D eigenvalue weighted by atomic mass is 10.1. The van der Waals surface area contributed by atoms with Gasteiger partial charge in [0.2, 0.25) is 11.9 Å². The van der Waals surface area contributed by atoms with Gasteiger partial charge in [0.1, 0.15) is 11.5 Å². The quantitative estimate of drug-likeness (QED) is 0.250. The normalized spacial score (nSPS) is 13.5. The third-order valence-corrected chi connectivity index (χ3v) is 6.37. The molecule has 0 saturated carbocycles. The largest absolute Gasteiger partial charge is 0.388 e. The first kappa shape index (κ1) is 23.2. The first-order valence-electron chi connectivity index (χ1n) is 11.9. The topological polar surface area (TPSA) is 125 Å². The van der Waals surface area contributed by atoms with E-state index in [0.717, 1.165) is 65.5 Å². The van der Waals surface area contributed by atoms with Gasteiger partial charge in [-0.25, -0.2) is 0 Å². The number of anilines is 6. The molecule has 3 heterocycles. The minimum absolute atomic E-state index is 0.132. The molecular weight excluding hydrogens is 454 g/mol. The average Bonchev–Trinajstić information content (AvgIpc) is 3.38. The van der Waals surface area contributed by atoms with E-state index in [2.05, 4.69) is 43.0 Å². The summed E-state index contributed by atoms with van der Waals surface area (Å²) in [6.07, 6.45) is 3.16. The molecule has 2 aromatic heterocycles. The molecule has 36 heavy (non-hydrogen) atoms. The number of H-pyrrole nitrogens is 1. The van der Waals surface area contributed by atoms with Gasteiger partial charge < -0.3 is 36.1 Å². The smallest absolute Gasteiger partial charge is 0.231 e. The second-order valence-electron chi connectivity index (χ2n) is 8.62. The predicted octanol–water partition coefficient (Wildman–Crippen LogP) is 4.15. The number of nitrogens with one attached hydrogen (secondary N) is 5. The summed E-state index contributed by atoms with van der Waals surface area (Å²) in [6, 6.07) is 15.9. The van der Waals surface area contributed by atoms with Crippen LogP contribution in [0.3, 0.4) is 0 Å². The minimum atomic E-state index is 0.132. The van der Waals surface area contributed by atoms with Gasteiger partial charge in [-0.1, -0.05) is 0 Å². The summed E-state index contributed by atoms with van der Waals surface area (Å²) in [5.41, 5.74) is 5.25. The molecule has 2 aromatic carbocycles. The Morgan fingerprint density at radius 2 is 1.75 bits per heavy atom. The molecule has 1 saturated heterocycles. The number of aromatic amines is 1. The van der Waals surface area contributed by atoms with E-state index in [-0.39, 0.29) is 5.91 Å². The monoisotopic (exact) mass is 483 g/mol. The van der Waals surface area contributed by atoms with Crippen LogP contribution < -0.4 is 20.9 Å². The summed E-state index contributed by atoms with van der Waals surface area (Å²) in [7, 11) is 1.83. The lowest BCUT2D eigenvalue weighted by molar-refractivity contribution is -0.129. The van der Waals surface area contributed by atoms with Crippen molar-refractivity contribution in [2.45, 2.75) is 6.92 Å². The van der Waals surface area contributed by atoms with Gasteiger partial charge >= 0.3 is 0 Å². The Labute approximate surface area is 209 Å². The molecule has 10 nitrogen and oxygen atoms in total. The van der Waals surface area contributed by atoms with Gasteiger partial charge in [0.05, 0.1) is 5.39 Å². The molecule has 184 valence electrons. The van der Waals surface area contributed by atoms with Crippen LogP contribution in [-0.2, 0) is 4.79 Å². The zero-order valence-electron chi connectivity index (χ0n) is 20.3. The van der Waals surface area contributed by atoms with E-state index in [4.69, 9.17) is 10.4 Å². The van der Waals surface area contributed by atoms with Crippen molar-refractivity contribution in [3.8, 4) is 0 Å². The number of carbonyl (C=O) groups excluding carboxylic acids is 1. The predicted molar refractivity (Wildman–Crippen MR) is 145 cm³/mol. The number of hydrogen-bond donors (Lipinski definition) is 5. The number of benzene rings is 2.